The number of nitro benzene ring substituents is 1. The highest BCUT2D eigenvalue weighted by molar-refractivity contribution is 7.17. The summed E-state index contributed by atoms with van der Waals surface area (Å²) in [5.41, 5.74) is 1.09. The molecular formula is C22H18N4O5S. The maximum Gasteiger partial charge on any atom is 0.270 e. The zero-order chi connectivity index (χ0) is 22.8. The number of nitrogens with one attached hydrogen (secondary N) is 1. The maximum absolute atomic E-state index is 13.3. The van der Waals surface area contributed by atoms with Crippen LogP contribution in [0.5, 0.6) is 5.75 Å². The number of ether oxygens (including phenoxy) is 1. The van der Waals surface area contributed by atoms with Gasteiger partial charge in [0, 0.05) is 23.1 Å². The molecule has 0 saturated heterocycles. The molecule has 9 nitrogen and oxygen atoms in total. The first-order valence-corrected chi connectivity index (χ1v) is 10.5. The lowest BCUT2D eigenvalue weighted by Gasteiger charge is -2.16. The Bertz CT molecular complexity index is 1390. The standard InChI is InChI=1S/C22H18N4O5S/c1-13(20(27)24-17-8-3-4-9-18(17)31-2)25-12-23-21-19(22(25)28)16(11-32-21)14-6-5-7-15(10-14)26(29)30/h3-13H,1-2H3,(H,24,27). The fraction of sp³-hybridized carbons (Fsp3) is 0.136. The summed E-state index contributed by atoms with van der Waals surface area (Å²) in [5, 5.41) is 16.0. The minimum atomic E-state index is -0.859. The number of para-hydroxylation sites is 2. The van der Waals surface area contributed by atoms with E-state index >= 15 is 0 Å². The van der Waals surface area contributed by atoms with E-state index < -0.39 is 22.4 Å². The highest BCUT2D eigenvalue weighted by atomic mass is 32.1. The number of carbonyl (C=O) groups is 1. The van der Waals surface area contributed by atoms with Gasteiger partial charge < -0.3 is 10.1 Å². The summed E-state index contributed by atoms with van der Waals surface area (Å²) < 4.78 is 6.50. The number of fused-ring (bicyclic) bond motifs is 1. The lowest BCUT2D eigenvalue weighted by atomic mass is 10.1. The lowest BCUT2D eigenvalue weighted by Crippen LogP contribution is -2.31. The Morgan fingerprint density at radius 2 is 2.03 bits per heavy atom. The number of methoxy groups -OCH3 is 1. The van der Waals surface area contributed by atoms with Crippen LogP contribution in [-0.2, 0) is 4.79 Å². The van der Waals surface area contributed by atoms with Gasteiger partial charge in [0.2, 0.25) is 5.91 Å². The van der Waals surface area contributed by atoms with Gasteiger partial charge in [-0.15, -0.1) is 11.3 Å². The number of non-ortho nitro benzene ring substituents is 1. The summed E-state index contributed by atoms with van der Waals surface area (Å²) in [4.78, 5) is 41.7. The van der Waals surface area contributed by atoms with Crippen LogP contribution in [-0.4, -0.2) is 27.5 Å². The Labute approximate surface area is 186 Å². The van der Waals surface area contributed by atoms with Crippen LogP contribution in [0.1, 0.15) is 13.0 Å². The van der Waals surface area contributed by atoms with E-state index in [9.17, 15) is 19.7 Å². The molecule has 0 fully saturated rings. The van der Waals surface area contributed by atoms with Crippen molar-refractivity contribution in [2.45, 2.75) is 13.0 Å². The highest BCUT2D eigenvalue weighted by Gasteiger charge is 2.21. The number of hydrogen-bond acceptors (Lipinski definition) is 7. The van der Waals surface area contributed by atoms with E-state index in [1.54, 1.807) is 48.7 Å². The smallest absolute Gasteiger partial charge is 0.270 e. The van der Waals surface area contributed by atoms with E-state index in [4.69, 9.17) is 4.74 Å². The second kappa shape index (κ2) is 8.60. The molecule has 0 radical (unpaired) electrons. The molecule has 1 atom stereocenters. The third kappa shape index (κ3) is 3.83. The fourth-order valence-corrected chi connectivity index (χ4v) is 4.24. The van der Waals surface area contributed by atoms with Crippen molar-refractivity contribution in [3.8, 4) is 16.9 Å². The van der Waals surface area contributed by atoms with Gasteiger partial charge in [-0.05, 0) is 24.6 Å². The summed E-state index contributed by atoms with van der Waals surface area (Å²) in [6.07, 6.45) is 1.34. The van der Waals surface area contributed by atoms with Gasteiger partial charge in [-0.3, -0.25) is 24.3 Å². The van der Waals surface area contributed by atoms with Crippen LogP contribution < -0.4 is 15.6 Å². The number of anilines is 1. The number of aromatic nitrogens is 2. The summed E-state index contributed by atoms with van der Waals surface area (Å²) in [6, 6.07) is 12.2. The molecule has 2 aromatic heterocycles. The second-order valence-corrected chi connectivity index (χ2v) is 7.82. The molecule has 0 saturated carbocycles. The van der Waals surface area contributed by atoms with Gasteiger partial charge >= 0.3 is 0 Å². The Kier molecular flexibility index (Phi) is 5.69. The van der Waals surface area contributed by atoms with Crippen molar-refractivity contribution in [1.29, 1.82) is 0 Å². The Balaban J connectivity index is 1.73. The van der Waals surface area contributed by atoms with Gasteiger partial charge in [-0.25, -0.2) is 4.98 Å². The van der Waals surface area contributed by atoms with Gasteiger partial charge in [0.1, 0.15) is 16.6 Å². The average Bonchev–Trinajstić information content (AvgIpc) is 3.24. The fourth-order valence-electron chi connectivity index (χ4n) is 3.33. The molecule has 1 unspecified atom stereocenters. The maximum atomic E-state index is 13.3. The van der Waals surface area contributed by atoms with Gasteiger partial charge in [0.05, 0.1) is 29.4 Å². The molecule has 0 spiro atoms. The van der Waals surface area contributed by atoms with Gasteiger partial charge in [-0.2, -0.15) is 0 Å². The van der Waals surface area contributed by atoms with Crippen LogP contribution in [0.25, 0.3) is 21.3 Å². The number of amides is 1. The topological polar surface area (TPSA) is 116 Å². The van der Waals surface area contributed by atoms with Crippen molar-refractivity contribution in [3.05, 3.63) is 80.7 Å². The van der Waals surface area contributed by atoms with Crippen molar-refractivity contribution in [2.24, 2.45) is 0 Å². The van der Waals surface area contributed by atoms with Crippen molar-refractivity contribution in [3.63, 3.8) is 0 Å². The quantitative estimate of drug-likeness (QED) is 0.347. The van der Waals surface area contributed by atoms with E-state index in [1.807, 2.05) is 0 Å². The Hall–Kier alpha value is -4.05. The third-order valence-corrected chi connectivity index (χ3v) is 5.94. The summed E-state index contributed by atoms with van der Waals surface area (Å²) in [6.45, 7) is 1.60. The number of benzene rings is 2. The number of hydrogen-bond donors (Lipinski definition) is 1. The molecule has 2 aromatic carbocycles. The molecule has 162 valence electrons. The largest absolute Gasteiger partial charge is 0.495 e. The lowest BCUT2D eigenvalue weighted by molar-refractivity contribution is -0.384. The van der Waals surface area contributed by atoms with Crippen LogP contribution in [0.3, 0.4) is 0 Å². The van der Waals surface area contributed by atoms with Crippen molar-refractivity contribution >= 4 is 38.8 Å². The molecular weight excluding hydrogens is 432 g/mol. The SMILES string of the molecule is COc1ccccc1NC(=O)C(C)n1cnc2scc(-c3cccc([N+](=O)[O-])c3)c2c1=O. The minimum absolute atomic E-state index is 0.0735. The second-order valence-electron chi connectivity index (χ2n) is 6.96. The molecule has 10 heteroatoms. The normalized spacial score (nSPS) is 11.8. The number of carbonyl (C=O) groups excluding carboxylic acids is 1. The first-order chi connectivity index (χ1) is 15.4. The molecule has 4 aromatic rings. The van der Waals surface area contributed by atoms with Crippen molar-refractivity contribution < 1.29 is 14.5 Å². The molecule has 32 heavy (non-hydrogen) atoms. The summed E-state index contributed by atoms with van der Waals surface area (Å²) in [5.74, 6) is 0.0876. The van der Waals surface area contributed by atoms with Crippen molar-refractivity contribution in [2.75, 3.05) is 12.4 Å². The summed E-state index contributed by atoms with van der Waals surface area (Å²) in [7, 11) is 1.50. The summed E-state index contributed by atoms with van der Waals surface area (Å²) >= 11 is 1.26. The predicted octanol–water partition coefficient (Wildman–Crippen LogP) is 4.24. The third-order valence-electron chi connectivity index (χ3n) is 5.05. The van der Waals surface area contributed by atoms with E-state index in [0.29, 0.717) is 32.8 Å². The number of nitrogens with zero attached hydrogens (tertiary/aromatic N) is 3. The Morgan fingerprint density at radius 1 is 1.25 bits per heavy atom. The van der Waals surface area contributed by atoms with Crippen LogP contribution in [0, 0.1) is 10.1 Å². The molecule has 1 N–H and O–H groups in total. The van der Waals surface area contributed by atoms with Crippen molar-refractivity contribution in [1.82, 2.24) is 9.55 Å². The molecule has 4 rings (SSSR count). The molecule has 2 heterocycles. The minimum Gasteiger partial charge on any atom is -0.495 e. The van der Waals surface area contributed by atoms with E-state index in [0.717, 1.165) is 0 Å². The van der Waals surface area contributed by atoms with E-state index in [2.05, 4.69) is 10.3 Å². The number of thiophene rings is 1. The van der Waals surface area contributed by atoms with Gasteiger partial charge in [0.15, 0.2) is 0 Å². The van der Waals surface area contributed by atoms with E-state index in [1.165, 1.54) is 41.5 Å². The van der Waals surface area contributed by atoms with Crippen LogP contribution >= 0.6 is 11.3 Å². The van der Waals surface area contributed by atoms with Crippen LogP contribution in [0.2, 0.25) is 0 Å². The monoisotopic (exact) mass is 450 g/mol. The zero-order valence-corrected chi connectivity index (χ0v) is 18.0. The predicted molar refractivity (Wildman–Crippen MR) is 122 cm³/mol. The molecule has 0 aliphatic heterocycles. The molecule has 1 amide bonds. The first-order valence-electron chi connectivity index (χ1n) is 9.57. The average molecular weight is 450 g/mol. The van der Waals surface area contributed by atoms with Crippen LogP contribution in [0.15, 0.2) is 65.0 Å². The zero-order valence-electron chi connectivity index (χ0n) is 17.1. The van der Waals surface area contributed by atoms with Crippen LogP contribution in [0.4, 0.5) is 11.4 Å². The van der Waals surface area contributed by atoms with E-state index in [-0.39, 0.29) is 5.69 Å². The molecule has 0 aliphatic rings. The van der Waals surface area contributed by atoms with Gasteiger partial charge in [0.25, 0.3) is 11.2 Å². The number of rotatable bonds is 6. The highest BCUT2D eigenvalue weighted by Crippen LogP contribution is 2.32. The number of nitro groups is 1. The first kappa shape index (κ1) is 21.2. The molecule has 0 aliphatic carbocycles. The van der Waals surface area contributed by atoms with Gasteiger partial charge in [-0.1, -0.05) is 24.3 Å². The molecule has 0 bridgehead atoms. The Morgan fingerprint density at radius 3 is 2.78 bits per heavy atom.